The van der Waals surface area contributed by atoms with E-state index in [4.69, 9.17) is 4.74 Å². The molecule has 0 radical (unpaired) electrons. The van der Waals surface area contributed by atoms with Gasteiger partial charge in [0.25, 0.3) is 0 Å². The first kappa shape index (κ1) is 22.4. The number of sulfonamides is 1. The van der Waals surface area contributed by atoms with Gasteiger partial charge in [0.2, 0.25) is 10.0 Å². The van der Waals surface area contributed by atoms with Crippen molar-refractivity contribution in [1.82, 2.24) is 14.9 Å². The van der Waals surface area contributed by atoms with Gasteiger partial charge in [0.1, 0.15) is 5.75 Å². The van der Waals surface area contributed by atoms with Gasteiger partial charge in [-0.15, -0.1) is 24.8 Å². The van der Waals surface area contributed by atoms with E-state index in [0.29, 0.717) is 12.3 Å². The van der Waals surface area contributed by atoms with Crippen LogP contribution >= 0.6 is 24.8 Å². The number of ether oxygens (including phenoxy) is 1. The number of methoxy groups -OCH3 is 1. The average Bonchev–Trinajstić information content (AvgIpc) is 2.48. The number of halogens is 2. The molecule has 1 aromatic carbocycles. The number of nitrogens with zero attached hydrogens (tertiary/aromatic N) is 1. The smallest absolute Gasteiger partial charge is 0.240 e. The fraction of sp³-hybridized carbons (Fsp3) is 0.571. The number of hydrogen-bond acceptors (Lipinski definition) is 5. The van der Waals surface area contributed by atoms with Crippen molar-refractivity contribution in [2.24, 2.45) is 0 Å². The highest BCUT2D eigenvalue weighted by Crippen LogP contribution is 2.21. The molecular weight excluding hydrogens is 361 g/mol. The molecule has 1 fully saturated rings. The summed E-state index contributed by atoms with van der Waals surface area (Å²) in [5, 5.41) is 3.27. The minimum absolute atomic E-state index is 0. The maximum absolute atomic E-state index is 12.2. The second kappa shape index (κ2) is 10.3. The molecule has 0 saturated carbocycles. The lowest BCUT2D eigenvalue weighted by Gasteiger charge is -2.27. The highest BCUT2D eigenvalue weighted by Gasteiger charge is 2.16. The predicted octanol–water partition coefficient (Wildman–Crippen LogP) is 1.03. The summed E-state index contributed by atoms with van der Waals surface area (Å²) in [6.07, 6.45) is 0. The second-order valence-electron chi connectivity index (χ2n) is 5.12. The normalized spacial score (nSPS) is 15.4. The Morgan fingerprint density at radius 2 is 1.91 bits per heavy atom. The van der Waals surface area contributed by atoms with Crippen LogP contribution in [0.2, 0.25) is 0 Å². The Morgan fingerprint density at radius 1 is 1.26 bits per heavy atom. The number of nitrogens with one attached hydrogen (secondary N) is 2. The Balaban J connectivity index is 0.00000242. The average molecular weight is 386 g/mol. The maximum Gasteiger partial charge on any atom is 0.240 e. The molecule has 0 aromatic heterocycles. The van der Waals surface area contributed by atoms with Crippen LogP contribution in [0, 0.1) is 6.92 Å². The summed E-state index contributed by atoms with van der Waals surface area (Å²) in [6.45, 7) is 6.84. The zero-order valence-electron chi connectivity index (χ0n) is 13.4. The van der Waals surface area contributed by atoms with E-state index in [1.807, 2.05) is 6.92 Å². The first-order valence-corrected chi connectivity index (χ1v) is 8.58. The highest BCUT2D eigenvalue weighted by molar-refractivity contribution is 7.89. The molecule has 6 nitrogen and oxygen atoms in total. The predicted molar refractivity (Wildman–Crippen MR) is 96.7 cm³/mol. The minimum Gasteiger partial charge on any atom is -0.496 e. The van der Waals surface area contributed by atoms with E-state index in [2.05, 4.69) is 14.9 Å². The number of rotatable bonds is 6. The molecule has 1 aliphatic rings. The molecule has 1 heterocycles. The van der Waals surface area contributed by atoms with Gasteiger partial charge in [0.05, 0.1) is 12.0 Å². The summed E-state index contributed by atoms with van der Waals surface area (Å²) < 4.78 is 32.3. The summed E-state index contributed by atoms with van der Waals surface area (Å²) in [4.78, 5) is 2.53. The van der Waals surface area contributed by atoms with Crippen molar-refractivity contribution in [2.75, 3.05) is 46.4 Å². The van der Waals surface area contributed by atoms with Crippen LogP contribution in [0.15, 0.2) is 23.1 Å². The Bertz CT molecular complexity index is 579. The first-order valence-electron chi connectivity index (χ1n) is 7.10. The lowest BCUT2D eigenvalue weighted by atomic mass is 10.2. The van der Waals surface area contributed by atoms with E-state index < -0.39 is 10.0 Å². The first-order chi connectivity index (χ1) is 10.0. The molecule has 2 N–H and O–H groups in total. The van der Waals surface area contributed by atoms with E-state index in [1.165, 1.54) is 0 Å². The van der Waals surface area contributed by atoms with Gasteiger partial charge in [0, 0.05) is 39.3 Å². The fourth-order valence-corrected chi connectivity index (χ4v) is 3.48. The number of benzene rings is 1. The molecule has 0 bridgehead atoms. The Kier molecular flexibility index (Phi) is 10.1. The summed E-state index contributed by atoms with van der Waals surface area (Å²) >= 11 is 0. The van der Waals surface area contributed by atoms with Gasteiger partial charge in [-0.05, 0) is 30.7 Å². The van der Waals surface area contributed by atoms with Crippen LogP contribution in [0.5, 0.6) is 5.75 Å². The Morgan fingerprint density at radius 3 is 2.48 bits per heavy atom. The second-order valence-corrected chi connectivity index (χ2v) is 6.89. The van der Waals surface area contributed by atoms with E-state index in [1.54, 1.807) is 25.3 Å². The van der Waals surface area contributed by atoms with Gasteiger partial charge in [-0.3, -0.25) is 4.90 Å². The maximum atomic E-state index is 12.2. The van der Waals surface area contributed by atoms with E-state index in [-0.39, 0.29) is 29.7 Å². The third-order valence-corrected chi connectivity index (χ3v) is 5.07. The SMILES string of the molecule is COc1ccc(S(=O)(=O)NCCN2CCNCC2)cc1C.Cl.Cl. The standard InChI is InChI=1S/C14H23N3O3S.2ClH/c1-12-11-13(3-4-14(12)20-2)21(18,19)16-7-10-17-8-5-15-6-9-17;;/h3-4,11,15-16H,5-10H2,1-2H3;2*1H. The van der Waals surface area contributed by atoms with Crippen LogP contribution < -0.4 is 14.8 Å². The molecule has 0 atom stereocenters. The zero-order chi connectivity index (χ0) is 15.3. The third-order valence-electron chi connectivity index (χ3n) is 3.61. The molecule has 9 heteroatoms. The largest absolute Gasteiger partial charge is 0.496 e. The van der Waals surface area contributed by atoms with Gasteiger partial charge in [-0.2, -0.15) is 0 Å². The molecule has 0 spiro atoms. The summed E-state index contributed by atoms with van der Waals surface area (Å²) in [7, 11) is -1.88. The van der Waals surface area contributed by atoms with Gasteiger partial charge < -0.3 is 10.1 Å². The molecule has 1 aliphatic heterocycles. The fourth-order valence-electron chi connectivity index (χ4n) is 2.37. The van der Waals surface area contributed by atoms with Gasteiger partial charge >= 0.3 is 0 Å². The third kappa shape index (κ3) is 6.45. The minimum atomic E-state index is -3.46. The van der Waals surface area contributed by atoms with Crippen LogP contribution in [0.4, 0.5) is 0 Å². The van der Waals surface area contributed by atoms with Crippen LogP contribution in [-0.4, -0.2) is 59.7 Å². The van der Waals surface area contributed by atoms with Crippen molar-refractivity contribution in [3.8, 4) is 5.75 Å². The summed E-state index contributed by atoms with van der Waals surface area (Å²) in [5.41, 5.74) is 0.808. The van der Waals surface area contributed by atoms with Gasteiger partial charge in [0.15, 0.2) is 0 Å². The van der Waals surface area contributed by atoms with E-state index >= 15 is 0 Å². The van der Waals surface area contributed by atoms with Crippen molar-refractivity contribution in [1.29, 1.82) is 0 Å². The highest BCUT2D eigenvalue weighted by atomic mass is 35.5. The molecule has 1 aromatic rings. The van der Waals surface area contributed by atoms with Crippen molar-refractivity contribution >= 4 is 34.8 Å². The Hall–Kier alpha value is -0.570. The summed E-state index contributed by atoms with van der Waals surface area (Å²) in [5.74, 6) is 0.690. The van der Waals surface area contributed by atoms with Gasteiger partial charge in [-0.1, -0.05) is 0 Å². The summed E-state index contributed by atoms with van der Waals surface area (Å²) in [6, 6.07) is 4.88. The molecule has 134 valence electrons. The van der Waals surface area contributed by atoms with Crippen molar-refractivity contribution < 1.29 is 13.2 Å². The number of hydrogen-bond donors (Lipinski definition) is 2. The van der Waals surface area contributed by atoms with Gasteiger partial charge in [-0.25, -0.2) is 13.1 Å². The van der Waals surface area contributed by atoms with E-state index in [9.17, 15) is 8.42 Å². The number of aryl methyl sites for hydroxylation is 1. The molecular formula is C14H25Cl2N3O3S. The van der Waals surface area contributed by atoms with E-state index in [0.717, 1.165) is 38.3 Å². The molecule has 1 saturated heterocycles. The molecule has 0 unspecified atom stereocenters. The van der Waals surface area contributed by atoms with Crippen LogP contribution in [0.25, 0.3) is 0 Å². The monoisotopic (exact) mass is 385 g/mol. The van der Waals surface area contributed by atoms with Crippen LogP contribution in [-0.2, 0) is 10.0 Å². The van der Waals surface area contributed by atoms with Crippen molar-refractivity contribution in [2.45, 2.75) is 11.8 Å². The van der Waals surface area contributed by atoms with Crippen molar-refractivity contribution in [3.63, 3.8) is 0 Å². The molecule has 0 aliphatic carbocycles. The molecule has 23 heavy (non-hydrogen) atoms. The van der Waals surface area contributed by atoms with Crippen molar-refractivity contribution in [3.05, 3.63) is 23.8 Å². The quantitative estimate of drug-likeness (QED) is 0.764. The lowest BCUT2D eigenvalue weighted by Crippen LogP contribution is -2.46. The number of piperazine rings is 1. The molecule has 2 rings (SSSR count). The zero-order valence-corrected chi connectivity index (χ0v) is 15.8. The lowest BCUT2D eigenvalue weighted by molar-refractivity contribution is 0.245. The van der Waals surface area contributed by atoms with Crippen LogP contribution in [0.1, 0.15) is 5.56 Å². The topological polar surface area (TPSA) is 70.7 Å². The van der Waals surface area contributed by atoms with Crippen LogP contribution in [0.3, 0.4) is 0 Å². The Labute approximate surface area is 150 Å². The molecule has 0 amide bonds.